The van der Waals surface area contributed by atoms with Gasteiger partial charge in [0.2, 0.25) is 0 Å². The van der Waals surface area contributed by atoms with E-state index in [9.17, 15) is 4.79 Å². The second kappa shape index (κ2) is 2.27. The Kier molecular flexibility index (Phi) is 1.36. The van der Waals surface area contributed by atoms with E-state index in [4.69, 9.17) is 0 Å². The lowest BCUT2D eigenvalue weighted by Gasteiger charge is -2.12. The van der Waals surface area contributed by atoms with Crippen LogP contribution in [0.4, 0.5) is 0 Å². The van der Waals surface area contributed by atoms with Gasteiger partial charge in [0, 0.05) is 11.4 Å². The number of nitrogens with zero attached hydrogens (tertiary/aromatic N) is 2. The predicted molar refractivity (Wildman–Crippen MR) is 45.9 cm³/mol. The maximum absolute atomic E-state index is 11.2. The molecule has 0 aliphatic carbocycles. The molecule has 1 atom stereocenters. The second-order valence-corrected chi connectivity index (χ2v) is 2.98. The first-order chi connectivity index (χ1) is 5.68. The third-order valence-corrected chi connectivity index (χ3v) is 1.98. The van der Waals surface area contributed by atoms with Gasteiger partial charge >= 0.3 is 0 Å². The van der Waals surface area contributed by atoms with Crippen LogP contribution in [0.5, 0.6) is 0 Å². The molecule has 0 aromatic rings. The Balaban J connectivity index is 2.46. The minimum Gasteiger partial charge on any atom is -0.272 e. The van der Waals surface area contributed by atoms with Crippen molar-refractivity contribution < 1.29 is 4.79 Å². The van der Waals surface area contributed by atoms with Crippen molar-refractivity contribution in [1.29, 1.82) is 0 Å². The van der Waals surface area contributed by atoms with Gasteiger partial charge in [0.15, 0.2) is 0 Å². The van der Waals surface area contributed by atoms with Crippen LogP contribution in [0.15, 0.2) is 21.9 Å². The van der Waals surface area contributed by atoms with Crippen molar-refractivity contribution in [3.05, 3.63) is 11.8 Å². The number of aliphatic imine (C=N–C) groups is 1. The molecule has 1 amide bonds. The van der Waals surface area contributed by atoms with E-state index in [2.05, 4.69) is 15.5 Å². The number of hydrogen-bond acceptors (Lipinski definition) is 3. The van der Waals surface area contributed by atoms with Crippen LogP contribution in [0.3, 0.4) is 0 Å². The van der Waals surface area contributed by atoms with Crippen molar-refractivity contribution in [1.82, 2.24) is 5.43 Å². The summed E-state index contributed by atoms with van der Waals surface area (Å²) >= 11 is 0. The molecule has 12 heavy (non-hydrogen) atoms. The van der Waals surface area contributed by atoms with E-state index < -0.39 is 0 Å². The van der Waals surface area contributed by atoms with Gasteiger partial charge in [0.1, 0.15) is 5.92 Å². The lowest BCUT2D eigenvalue weighted by molar-refractivity contribution is -0.120. The molecule has 1 N–H and O–H groups in total. The summed E-state index contributed by atoms with van der Waals surface area (Å²) in [5.41, 5.74) is 4.94. The SMILES string of the molecule is CC1=CC2=NNC(=O)C2C(C)=N1. The van der Waals surface area contributed by atoms with Gasteiger partial charge in [0.05, 0.1) is 5.71 Å². The largest absolute Gasteiger partial charge is 0.272 e. The smallest absolute Gasteiger partial charge is 0.255 e. The van der Waals surface area contributed by atoms with Gasteiger partial charge < -0.3 is 0 Å². The molecule has 4 heteroatoms. The van der Waals surface area contributed by atoms with E-state index >= 15 is 0 Å². The minimum absolute atomic E-state index is 0.0741. The van der Waals surface area contributed by atoms with Crippen molar-refractivity contribution in [3.63, 3.8) is 0 Å². The average Bonchev–Trinajstić information content (AvgIpc) is 2.31. The Labute approximate surface area is 70.1 Å². The van der Waals surface area contributed by atoms with Crippen molar-refractivity contribution in [2.24, 2.45) is 16.0 Å². The van der Waals surface area contributed by atoms with E-state index in [1.165, 1.54) is 0 Å². The first-order valence-corrected chi connectivity index (χ1v) is 3.79. The highest BCUT2D eigenvalue weighted by Crippen LogP contribution is 2.18. The van der Waals surface area contributed by atoms with Crippen LogP contribution in [-0.4, -0.2) is 17.3 Å². The summed E-state index contributed by atoms with van der Waals surface area (Å²) < 4.78 is 0. The Morgan fingerprint density at radius 3 is 3.00 bits per heavy atom. The predicted octanol–water partition coefficient (Wildman–Crippen LogP) is 0.467. The first-order valence-electron chi connectivity index (χ1n) is 3.79. The number of amides is 1. The van der Waals surface area contributed by atoms with Crippen molar-refractivity contribution in [2.45, 2.75) is 13.8 Å². The van der Waals surface area contributed by atoms with Crippen molar-refractivity contribution >= 4 is 17.3 Å². The van der Waals surface area contributed by atoms with E-state index in [1.54, 1.807) is 0 Å². The normalized spacial score (nSPS) is 27.0. The standard InChI is InChI=1S/C8H9N3O/c1-4-3-6-7(5(2)9-4)8(12)11-10-6/h3,7H,1-2H3,(H,11,12). The van der Waals surface area contributed by atoms with Crippen LogP contribution in [0.2, 0.25) is 0 Å². The van der Waals surface area contributed by atoms with Gasteiger partial charge in [-0.3, -0.25) is 9.79 Å². The molecule has 62 valence electrons. The summed E-state index contributed by atoms with van der Waals surface area (Å²) in [6.07, 6.45) is 1.83. The molecule has 0 aromatic carbocycles. The third-order valence-electron chi connectivity index (χ3n) is 1.98. The zero-order valence-corrected chi connectivity index (χ0v) is 6.96. The summed E-state index contributed by atoms with van der Waals surface area (Å²) in [5.74, 6) is -0.316. The summed E-state index contributed by atoms with van der Waals surface area (Å²) in [4.78, 5) is 15.4. The Morgan fingerprint density at radius 1 is 1.50 bits per heavy atom. The van der Waals surface area contributed by atoms with Crippen LogP contribution in [0.1, 0.15) is 13.8 Å². The number of carbonyl (C=O) groups excluding carboxylic acids is 1. The molecule has 0 radical (unpaired) electrons. The summed E-state index contributed by atoms with van der Waals surface area (Å²) in [6.45, 7) is 3.74. The molecule has 0 saturated carbocycles. The summed E-state index contributed by atoms with van der Waals surface area (Å²) in [7, 11) is 0. The van der Waals surface area contributed by atoms with Gasteiger partial charge in [-0.2, -0.15) is 5.10 Å². The molecule has 0 fully saturated rings. The second-order valence-electron chi connectivity index (χ2n) is 2.98. The molecule has 2 aliphatic rings. The maximum atomic E-state index is 11.2. The quantitative estimate of drug-likeness (QED) is 0.554. The van der Waals surface area contributed by atoms with Gasteiger partial charge in [0.25, 0.3) is 5.91 Å². The highest BCUT2D eigenvalue weighted by Gasteiger charge is 2.33. The first kappa shape index (κ1) is 7.21. The van der Waals surface area contributed by atoms with Gasteiger partial charge in [-0.15, -0.1) is 0 Å². The summed E-state index contributed by atoms with van der Waals surface area (Å²) in [6, 6.07) is 0. The monoisotopic (exact) mass is 163 g/mol. The van der Waals surface area contributed by atoms with Crippen LogP contribution < -0.4 is 5.43 Å². The Morgan fingerprint density at radius 2 is 2.25 bits per heavy atom. The molecule has 0 spiro atoms. The summed E-state index contributed by atoms with van der Waals surface area (Å²) in [5, 5.41) is 3.90. The van der Waals surface area contributed by atoms with Gasteiger partial charge in [-0.1, -0.05) is 0 Å². The maximum Gasteiger partial charge on any atom is 0.255 e. The van der Waals surface area contributed by atoms with Gasteiger partial charge in [-0.25, -0.2) is 5.43 Å². The van der Waals surface area contributed by atoms with Crippen LogP contribution in [0, 0.1) is 5.92 Å². The lowest BCUT2D eigenvalue weighted by Crippen LogP contribution is -2.30. The minimum atomic E-state index is -0.242. The average molecular weight is 163 g/mol. The zero-order chi connectivity index (χ0) is 8.72. The topological polar surface area (TPSA) is 53.8 Å². The third kappa shape index (κ3) is 0.879. The molecule has 4 nitrogen and oxygen atoms in total. The van der Waals surface area contributed by atoms with E-state index in [0.717, 1.165) is 17.1 Å². The molecular weight excluding hydrogens is 154 g/mol. The fourth-order valence-electron chi connectivity index (χ4n) is 1.49. The van der Waals surface area contributed by atoms with Crippen molar-refractivity contribution in [2.75, 3.05) is 0 Å². The highest BCUT2D eigenvalue weighted by atomic mass is 16.2. The lowest BCUT2D eigenvalue weighted by atomic mass is 9.95. The Bertz CT molecular complexity index is 338. The molecule has 1 unspecified atom stereocenters. The molecule has 0 saturated heterocycles. The van der Waals surface area contributed by atoms with Crippen LogP contribution >= 0.6 is 0 Å². The molecular formula is C8H9N3O. The fourth-order valence-corrected chi connectivity index (χ4v) is 1.49. The Hall–Kier alpha value is -1.45. The number of nitrogens with one attached hydrogen (secondary N) is 1. The van der Waals surface area contributed by atoms with Gasteiger partial charge in [-0.05, 0) is 19.9 Å². The molecule has 2 heterocycles. The van der Waals surface area contributed by atoms with Crippen LogP contribution in [-0.2, 0) is 4.79 Å². The number of fused-ring (bicyclic) bond motifs is 1. The fraction of sp³-hybridized carbons (Fsp3) is 0.375. The molecule has 0 bridgehead atoms. The molecule has 0 aromatic heterocycles. The van der Waals surface area contributed by atoms with E-state index in [0.29, 0.717) is 0 Å². The van der Waals surface area contributed by atoms with Crippen molar-refractivity contribution in [3.8, 4) is 0 Å². The number of rotatable bonds is 0. The number of carbonyl (C=O) groups is 1. The van der Waals surface area contributed by atoms with E-state index in [1.807, 2.05) is 19.9 Å². The number of hydrazone groups is 1. The highest BCUT2D eigenvalue weighted by molar-refractivity contribution is 6.28. The zero-order valence-electron chi connectivity index (χ0n) is 6.96. The number of allylic oxidation sites excluding steroid dienone is 2. The number of hydrogen-bond donors (Lipinski definition) is 1. The molecule has 2 rings (SSSR count). The van der Waals surface area contributed by atoms with Crippen LogP contribution in [0.25, 0.3) is 0 Å². The molecule has 2 aliphatic heterocycles. The van der Waals surface area contributed by atoms with E-state index in [-0.39, 0.29) is 11.8 Å².